The lowest BCUT2D eigenvalue weighted by atomic mass is 9.75. The molecule has 1 aromatic carbocycles. The quantitative estimate of drug-likeness (QED) is 0.877. The molecule has 0 amide bonds. The zero-order valence-electron chi connectivity index (χ0n) is 14.3. The number of nitrogens with one attached hydrogen (secondary N) is 1. The van der Waals surface area contributed by atoms with Crippen LogP contribution in [0.5, 0.6) is 11.5 Å². The molecule has 2 aliphatic carbocycles. The molecular weight excluding hydrogens is 354 g/mol. The van der Waals surface area contributed by atoms with Crippen molar-refractivity contribution < 1.29 is 9.47 Å². The number of hydrogen-bond donors (Lipinski definition) is 1. The average Bonchev–Trinajstić information content (AvgIpc) is 3.32. The number of methoxy groups -OCH3 is 2. The molecule has 2 bridgehead atoms. The van der Waals surface area contributed by atoms with E-state index in [1.165, 1.54) is 41.0 Å². The molecule has 4 nitrogen and oxygen atoms in total. The van der Waals surface area contributed by atoms with Gasteiger partial charge in [-0.1, -0.05) is 17.4 Å². The maximum atomic E-state index is 12.1. The smallest absolute Gasteiger partial charge is 0.305 e. The summed E-state index contributed by atoms with van der Waals surface area (Å²) in [5.41, 5.74) is 1.25. The molecule has 0 saturated heterocycles. The summed E-state index contributed by atoms with van der Waals surface area (Å²) in [5.74, 6) is 4.03. The first-order valence-corrected chi connectivity index (χ1v) is 10.5. The number of benzene rings is 1. The lowest BCUT2D eigenvalue weighted by Crippen LogP contribution is -2.33. The SMILES string of the molecule is COc1ccc([C@H]2c3sc(=O)[nH]c3S[C@H]3[C@@H]4CC[C@H](C4)[C@@H]23)cc1OC. The fourth-order valence-electron chi connectivity index (χ4n) is 5.27. The molecule has 1 aliphatic heterocycles. The Kier molecular flexibility index (Phi) is 3.68. The fraction of sp³-hybridized carbons (Fsp3) is 0.526. The molecule has 0 unspecified atom stereocenters. The molecule has 2 saturated carbocycles. The minimum Gasteiger partial charge on any atom is -0.493 e. The number of aromatic amines is 1. The molecule has 5 rings (SSSR count). The van der Waals surface area contributed by atoms with Crippen molar-refractivity contribution >= 4 is 23.1 Å². The predicted molar refractivity (Wildman–Crippen MR) is 100 cm³/mol. The lowest BCUT2D eigenvalue weighted by molar-refractivity contribution is 0.306. The number of rotatable bonds is 3. The molecule has 0 spiro atoms. The maximum absolute atomic E-state index is 12.1. The van der Waals surface area contributed by atoms with Crippen LogP contribution in [0.4, 0.5) is 0 Å². The van der Waals surface area contributed by atoms with E-state index in [9.17, 15) is 4.79 Å². The Balaban J connectivity index is 1.66. The lowest BCUT2D eigenvalue weighted by Gasteiger charge is -2.40. The zero-order valence-corrected chi connectivity index (χ0v) is 15.9. The van der Waals surface area contributed by atoms with Gasteiger partial charge in [-0.05, 0) is 54.7 Å². The van der Waals surface area contributed by atoms with Gasteiger partial charge in [0.1, 0.15) is 0 Å². The molecule has 5 atom stereocenters. The average molecular weight is 376 g/mol. The van der Waals surface area contributed by atoms with Gasteiger partial charge in [-0.2, -0.15) is 0 Å². The Morgan fingerprint density at radius 2 is 1.92 bits per heavy atom. The molecule has 1 aromatic heterocycles. The van der Waals surface area contributed by atoms with Gasteiger partial charge in [0.2, 0.25) is 0 Å². The van der Waals surface area contributed by atoms with Crippen molar-refractivity contribution in [2.45, 2.75) is 35.5 Å². The third-order valence-electron chi connectivity index (χ3n) is 6.23. The van der Waals surface area contributed by atoms with Gasteiger partial charge in [-0.3, -0.25) is 4.79 Å². The van der Waals surface area contributed by atoms with Crippen LogP contribution in [-0.2, 0) is 0 Å². The van der Waals surface area contributed by atoms with E-state index in [2.05, 4.69) is 17.1 Å². The molecule has 132 valence electrons. The van der Waals surface area contributed by atoms with E-state index in [1.807, 2.05) is 17.8 Å². The van der Waals surface area contributed by atoms with Gasteiger partial charge in [-0.15, -0.1) is 11.8 Å². The summed E-state index contributed by atoms with van der Waals surface area (Å²) in [6.45, 7) is 0. The number of ether oxygens (including phenoxy) is 2. The Labute approximate surface area is 154 Å². The van der Waals surface area contributed by atoms with Crippen molar-refractivity contribution in [3.8, 4) is 11.5 Å². The van der Waals surface area contributed by atoms with E-state index in [0.29, 0.717) is 17.1 Å². The van der Waals surface area contributed by atoms with Gasteiger partial charge in [-0.25, -0.2) is 0 Å². The van der Waals surface area contributed by atoms with Crippen LogP contribution in [0.3, 0.4) is 0 Å². The molecule has 3 aliphatic rings. The number of thiazole rings is 1. The Bertz CT molecular complexity index is 874. The van der Waals surface area contributed by atoms with E-state index in [4.69, 9.17) is 9.47 Å². The van der Waals surface area contributed by atoms with E-state index >= 15 is 0 Å². The predicted octanol–water partition coefficient (Wildman–Crippen LogP) is 4.11. The van der Waals surface area contributed by atoms with Gasteiger partial charge in [0, 0.05) is 16.0 Å². The molecular formula is C19H21NO3S2. The summed E-state index contributed by atoms with van der Waals surface area (Å²) in [5, 5.41) is 1.73. The zero-order chi connectivity index (χ0) is 17.1. The van der Waals surface area contributed by atoms with Crippen LogP contribution in [0.15, 0.2) is 28.0 Å². The molecule has 6 heteroatoms. The largest absolute Gasteiger partial charge is 0.493 e. The molecule has 0 radical (unpaired) electrons. The second kappa shape index (κ2) is 5.81. The summed E-state index contributed by atoms with van der Waals surface area (Å²) >= 11 is 3.32. The summed E-state index contributed by atoms with van der Waals surface area (Å²) < 4.78 is 10.9. The van der Waals surface area contributed by atoms with Gasteiger partial charge < -0.3 is 14.5 Å². The first-order chi connectivity index (χ1) is 12.2. The van der Waals surface area contributed by atoms with E-state index in [1.54, 1.807) is 14.2 Å². The molecule has 25 heavy (non-hydrogen) atoms. The third kappa shape index (κ3) is 2.30. The highest BCUT2D eigenvalue weighted by atomic mass is 32.2. The van der Waals surface area contributed by atoms with Crippen LogP contribution < -0.4 is 14.3 Å². The Hall–Kier alpha value is -1.40. The number of hydrogen-bond acceptors (Lipinski definition) is 5. The first kappa shape index (κ1) is 15.8. The van der Waals surface area contributed by atoms with Gasteiger partial charge in [0.25, 0.3) is 0 Å². The normalized spacial score (nSPS) is 32.3. The third-order valence-corrected chi connectivity index (χ3v) is 8.86. The van der Waals surface area contributed by atoms with Crippen LogP contribution >= 0.6 is 23.1 Å². The number of H-pyrrole nitrogens is 1. The second-order valence-corrected chi connectivity index (χ2v) is 9.50. The van der Waals surface area contributed by atoms with Crippen LogP contribution in [0, 0.1) is 17.8 Å². The van der Waals surface area contributed by atoms with E-state index < -0.39 is 0 Å². The highest BCUT2D eigenvalue weighted by Crippen LogP contribution is 2.63. The van der Waals surface area contributed by atoms with E-state index in [-0.39, 0.29) is 4.87 Å². The monoisotopic (exact) mass is 375 g/mol. The summed E-state index contributed by atoms with van der Waals surface area (Å²) in [6, 6.07) is 6.25. The van der Waals surface area contributed by atoms with Gasteiger partial charge in [0.15, 0.2) is 11.5 Å². The summed E-state index contributed by atoms with van der Waals surface area (Å²) in [7, 11) is 3.34. The molecule has 2 heterocycles. The fourth-order valence-corrected chi connectivity index (χ4v) is 8.16. The molecule has 2 aromatic rings. The number of aromatic nitrogens is 1. The highest BCUT2D eigenvalue weighted by Gasteiger charge is 2.54. The van der Waals surface area contributed by atoms with Crippen molar-refractivity contribution in [1.29, 1.82) is 0 Å². The Morgan fingerprint density at radius 1 is 1.12 bits per heavy atom. The van der Waals surface area contributed by atoms with Gasteiger partial charge >= 0.3 is 4.87 Å². The Morgan fingerprint density at radius 3 is 2.72 bits per heavy atom. The van der Waals surface area contributed by atoms with Crippen molar-refractivity contribution in [2.24, 2.45) is 17.8 Å². The maximum Gasteiger partial charge on any atom is 0.305 e. The van der Waals surface area contributed by atoms with Crippen molar-refractivity contribution in [2.75, 3.05) is 14.2 Å². The first-order valence-electron chi connectivity index (χ1n) is 8.81. The van der Waals surface area contributed by atoms with Crippen molar-refractivity contribution in [1.82, 2.24) is 4.98 Å². The number of fused-ring (bicyclic) bond motifs is 6. The summed E-state index contributed by atoms with van der Waals surface area (Å²) in [4.78, 5) is 16.4. The van der Waals surface area contributed by atoms with Crippen molar-refractivity contribution in [3.63, 3.8) is 0 Å². The van der Waals surface area contributed by atoms with Crippen LogP contribution in [0.25, 0.3) is 0 Å². The standard InChI is InChI=1S/C19H21NO3S2/c1-22-12-6-5-10(8-13(12)23-2)15-14-9-3-4-11(7-9)16(14)24-18-17(15)25-19(21)20-18/h5-6,8-9,11,14-16H,3-4,7H2,1-2H3,(H,20,21)/t9-,11-,14+,15-,16+/m1/s1. The van der Waals surface area contributed by atoms with Crippen molar-refractivity contribution in [3.05, 3.63) is 38.3 Å². The number of thioether (sulfide) groups is 1. The molecule has 2 fully saturated rings. The topological polar surface area (TPSA) is 51.3 Å². The minimum absolute atomic E-state index is 0.0651. The van der Waals surface area contributed by atoms with Crippen LogP contribution in [-0.4, -0.2) is 24.5 Å². The summed E-state index contributed by atoms with van der Waals surface area (Å²) in [6.07, 6.45) is 4.04. The molecule has 1 N–H and O–H groups in total. The van der Waals surface area contributed by atoms with Crippen LogP contribution in [0.1, 0.15) is 35.6 Å². The van der Waals surface area contributed by atoms with Crippen LogP contribution in [0.2, 0.25) is 0 Å². The minimum atomic E-state index is 0.0651. The van der Waals surface area contributed by atoms with Gasteiger partial charge in [0.05, 0.1) is 19.2 Å². The second-order valence-electron chi connectivity index (χ2n) is 7.29. The highest BCUT2D eigenvalue weighted by molar-refractivity contribution is 8.00. The van der Waals surface area contributed by atoms with E-state index in [0.717, 1.165) is 28.4 Å².